The molecule has 1 heterocycles. The highest BCUT2D eigenvalue weighted by Gasteiger charge is 2.17. The van der Waals surface area contributed by atoms with Crippen LogP contribution in [0.15, 0.2) is 18.2 Å². The van der Waals surface area contributed by atoms with Gasteiger partial charge in [0, 0.05) is 0 Å². The van der Waals surface area contributed by atoms with Gasteiger partial charge in [0.15, 0.2) is 11.5 Å². The summed E-state index contributed by atoms with van der Waals surface area (Å²) in [7, 11) is 0. The number of aromatic hydroxyl groups is 1. The lowest BCUT2D eigenvalue weighted by Crippen LogP contribution is -2.43. The highest BCUT2D eigenvalue weighted by Crippen LogP contribution is 2.28. The van der Waals surface area contributed by atoms with Crippen LogP contribution in [-0.4, -0.2) is 24.8 Å². The quantitative estimate of drug-likeness (QED) is 0.787. The highest BCUT2D eigenvalue weighted by atomic mass is 16.5. The molecule has 15 heavy (non-hydrogen) atoms. The van der Waals surface area contributed by atoms with Crippen LogP contribution >= 0.6 is 0 Å². The fraction of sp³-hybridized carbons (Fsp3) is 0.500. The van der Waals surface area contributed by atoms with Crippen molar-refractivity contribution in [3.05, 3.63) is 23.8 Å². The zero-order valence-corrected chi connectivity index (χ0v) is 8.99. The molecule has 2 N–H and O–H groups in total. The minimum absolute atomic E-state index is 0.229. The third-order valence-electron chi connectivity index (χ3n) is 2.71. The number of phenolic OH excluding ortho intramolecular Hbond substituents is 1. The van der Waals surface area contributed by atoms with Gasteiger partial charge in [-0.25, -0.2) is 0 Å². The summed E-state index contributed by atoms with van der Waals surface area (Å²) in [6.07, 6.45) is 1.06. The van der Waals surface area contributed by atoms with Gasteiger partial charge < -0.3 is 15.2 Å². The van der Waals surface area contributed by atoms with Crippen LogP contribution < -0.4 is 10.1 Å². The fourth-order valence-electron chi connectivity index (χ4n) is 1.78. The maximum absolute atomic E-state index is 9.53. The van der Waals surface area contributed by atoms with E-state index in [1.54, 1.807) is 6.07 Å². The van der Waals surface area contributed by atoms with Crippen molar-refractivity contribution in [2.45, 2.75) is 13.3 Å². The maximum Gasteiger partial charge on any atom is 0.161 e. The SMILES string of the molecule is CCOc1cc(CC2CNC2)ccc1O. The fourth-order valence-corrected chi connectivity index (χ4v) is 1.78. The Morgan fingerprint density at radius 1 is 1.47 bits per heavy atom. The summed E-state index contributed by atoms with van der Waals surface area (Å²) < 4.78 is 5.34. The van der Waals surface area contributed by atoms with Gasteiger partial charge in [-0.3, -0.25) is 0 Å². The van der Waals surface area contributed by atoms with Crippen molar-refractivity contribution in [1.29, 1.82) is 0 Å². The Hall–Kier alpha value is -1.22. The van der Waals surface area contributed by atoms with Crippen molar-refractivity contribution >= 4 is 0 Å². The summed E-state index contributed by atoms with van der Waals surface area (Å²) in [6, 6.07) is 5.62. The molecule has 1 aromatic carbocycles. The van der Waals surface area contributed by atoms with E-state index in [2.05, 4.69) is 5.32 Å². The van der Waals surface area contributed by atoms with Gasteiger partial charge in [0.25, 0.3) is 0 Å². The highest BCUT2D eigenvalue weighted by molar-refractivity contribution is 5.42. The van der Waals surface area contributed by atoms with Crippen molar-refractivity contribution in [3.63, 3.8) is 0 Å². The van der Waals surface area contributed by atoms with Gasteiger partial charge >= 0.3 is 0 Å². The van der Waals surface area contributed by atoms with Crippen LogP contribution in [0.1, 0.15) is 12.5 Å². The molecule has 1 saturated heterocycles. The third-order valence-corrected chi connectivity index (χ3v) is 2.71. The monoisotopic (exact) mass is 207 g/mol. The van der Waals surface area contributed by atoms with Gasteiger partial charge in [0.2, 0.25) is 0 Å². The first-order valence-electron chi connectivity index (χ1n) is 5.45. The van der Waals surface area contributed by atoms with E-state index in [4.69, 9.17) is 4.74 Å². The standard InChI is InChI=1S/C12H17NO2/c1-2-15-12-6-9(3-4-11(12)14)5-10-7-13-8-10/h3-4,6,10,13-14H,2,5,7-8H2,1H3. The second-order valence-electron chi connectivity index (χ2n) is 3.96. The van der Waals surface area contributed by atoms with Gasteiger partial charge in [-0.2, -0.15) is 0 Å². The van der Waals surface area contributed by atoms with E-state index in [0.29, 0.717) is 12.4 Å². The molecule has 3 heteroatoms. The number of hydrogen-bond donors (Lipinski definition) is 2. The van der Waals surface area contributed by atoms with E-state index in [1.165, 1.54) is 5.56 Å². The Kier molecular flexibility index (Phi) is 3.11. The molecule has 0 radical (unpaired) electrons. The van der Waals surface area contributed by atoms with Gasteiger partial charge in [-0.1, -0.05) is 6.07 Å². The molecule has 0 aromatic heterocycles. The summed E-state index contributed by atoms with van der Waals surface area (Å²) in [5, 5.41) is 12.8. The first kappa shape index (κ1) is 10.3. The molecule has 0 bridgehead atoms. The van der Waals surface area contributed by atoms with Crippen LogP contribution in [0, 0.1) is 5.92 Å². The Morgan fingerprint density at radius 2 is 2.27 bits per heavy atom. The van der Waals surface area contributed by atoms with E-state index in [-0.39, 0.29) is 5.75 Å². The first-order chi connectivity index (χ1) is 7.29. The van der Waals surface area contributed by atoms with Crippen LogP contribution in [0.25, 0.3) is 0 Å². The van der Waals surface area contributed by atoms with E-state index < -0.39 is 0 Å². The average molecular weight is 207 g/mol. The second kappa shape index (κ2) is 4.53. The third kappa shape index (κ3) is 2.42. The number of phenols is 1. The van der Waals surface area contributed by atoms with Crippen LogP contribution in [0.3, 0.4) is 0 Å². The Balaban J connectivity index is 2.06. The number of hydrogen-bond acceptors (Lipinski definition) is 3. The molecule has 2 rings (SSSR count). The molecule has 0 unspecified atom stereocenters. The van der Waals surface area contributed by atoms with Gasteiger partial charge in [-0.15, -0.1) is 0 Å². The maximum atomic E-state index is 9.53. The molecule has 3 nitrogen and oxygen atoms in total. The van der Waals surface area contributed by atoms with Crippen LogP contribution in [0.5, 0.6) is 11.5 Å². The molecule has 82 valence electrons. The zero-order chi connectivity index (χ0) is 10.7. The van der Waals surface area contributed by atoms with E-state index in [0.717, 1.165) is 25.4 Å². The van der Waals surface area contributed by atoms with Crippen LogP contribution in [0.2, 0.25) is 0 Å². The molecule has 0 saturated carbocycles. The zero-order valence-electron chi connectivity index (χ0n) is 8.99. The molecule has 0 aliphatic carbocycles. The lowest BCUT2D eigenvalue weighted by atomic mass is 9.94. The largest absolute Gasteiger partial charge is 0.504 e. The molecular formula is C12H17NO2. The molecule has 0 spiro atoms. The minimum atomic E-state index is 0.229. The number of nitrogens with one attached hydrogen (secondary N) is 1. The van der Waals surface area contributed by atoms with E-state index >= 15 is 0 Å². The topological polar surface area (TPSA) is 41.5 Å². The smallest absolute Gasteiger partial charge is 0.161 e. The Labute approximate surface area is 90.1 Å². The van der Waals surface area contributed by atoms with Crippen molar-refractivity contribution < 1.29 is 9.84 Å². The van der Waals surface area contributed by atoms with Crippen LogP contribution in [-0.2, 0) is 6.42 Å². The minimum Gasteiger partial charge on any atom is -0.504 e. The van der Waals surface area contributed by atoms with Crippen molar-refractivity contribution in [1.82, 2.24) is 5.32 Å². The lowest BCUT2D eigenvalue weighted by Gasteiger charge is -2.27. The van der Waals surface area contributed by atoms with Gasteiger partial charge in [-0.05, 0) is 50.0 Å². The second-order valence-corrected chi connectivity index (χ2v) is 3.96. The number of ether oxygens (including phenoxy) is 1. The molecule has 1 aliphatic rings. The van der Waals surface area contributed by atoms with Crippen molar-refractivity contribution in [2.75, 3.05) is 19.7 Å². The molecule has 1 fully saturated rings. The normalized spacial score (nSPS) is 16.1. The molecule has 0 amide bonds. The number of rotatable bonds is 4. The van der Waals surface area contributed by atoms with E-state index in [9.17, 15) is 5.11 Å². The summed E-state index contributed by atoms with van der Waals surface area (Å²) in [4.78, 5) is 0. The van der Waals surface area contributed by atoms with Crippen molar-refractivity contribution in [3.8, 4) is 11.5 Å². The summed E-state index contributed by atoms with van der Waals surface area (Å²) >= 11 is 0. The predicted octanol–water partition coefficient (Wildman–Crippen LogP) is 1.55. The van der Waals surface area contributed by atoms with E-state index in [1.807, 2.05) is 19.1 Å². The van der Waals surface area contributed by atoms with Gasteiger partial charge in [0.05, 0.1) is 6.61 Å². The Bertz CT molecular complexity index is 334. The predicted molar refractivity (Wildman–Crippen MR) is 59.3 cm³/mol. The molecular weight excluding hydrogens is 190 g/mol. The van der Waals surface area contributed by atoms with Crippen molar-refractivity contribution in [2.24, 2.45) is 5.92 Å². The average Bonchev–Trinajstić information content (AvgIpc) is 2.17. The Morgan fingerprint density at radius 3 is 2.87 bits per heavy atom. The van der Waals surface area contributed by atoms with Crippen LogP contribution in [0.4, 0.5) is 0 Å². The summed E-state index contributed by atoms with van der Waals surface area (Å²) in [5.74, 6) is 1.57. The summed E-state index contributed by atoms with van der Waals surface area (Å²) in [6.45, 7) is 4.71. The molecule has 1 aromatic rings. The van der Waals surface area contributed by atoms with Gasteiger partial charge in [0.1, 0.15) is 0 Å². The summed E-state index contributed by atoms with van der Waals surface area (Å²) in [5.41, 5.74) is 1.24. The molecule has 0 atom stereocenters. The first-order valence-corrected chi connectivity index (χ1v) is 5.45. The lowest BCUT2D eigenvalue weighted by molar-refractivity contribution is 0.316. The number of benzene rings is 1. The molecule has 1 aliphatic heterocycles.